The van der Waals surface area contributed by atoms with Gasteiger partial charge < -0.3 is 4.74 Å². The molecule has 2 aromatic rings. The molecule has 0 aliphatic carbocycles. The van der Waals surface area contributed by atoms with Crippen molar-refractivity contribution in [2.75, 3.05) is 0 Å². The van der Waals surface area contributed by atoms with E-state index in [2.05, 4.69) is 0 Å². The van der Waals surface area contributed by atoms with E-state index in [1.807, 2.05) is 13.8 Å². The van der Waals surface area contributed by atoms with Crippen LogP contribution >= 0.6 is 11.6 Å². The number of halogens is 2. The fourth-order valence-electron chi connectivity index (χ4n) is 1.79. The molecule has 96 valence electrons. The Morgan fingerprint density at radius 1 is 1.21 bits per heavy atom. The van der Waals surface area contributed by atoms with E-state index in [0.29, 0.717) is 10.8 Å². The minimum atomic E-state index is -0.595. The first-order valence-corrected chi connectivity index (χ1v) is 6.04. The Balaban J connectivity index is 2.43. The van der Waals surface area contributed by atoms with Crippen LogP contribution in [0.3, 0.4) is 0 Å². The van der Waals surface area contributed by atoms with Crippen LogP contribution < -0.4 is 4.74 Å². The Morgan fingerprint density at radius 2 is 1.84 bits per heavy atom. The van der Waals surface area contributed by atoms with Crippen molar-refractivity contribution in [1.29, 1.82) is 5.26 Å². The van der Waals surface area contributed by atoms with E-state index in [1.54, 1.807) is 24.3 Å². The van der Waals surface area contributed by atoms with Gasteiger partial charge in [0.25, 0.3) is 0 Å². The Kier molecular flexibility index (Phi) is 3.73. The van der Waals surface area contributed by atoms with Crippen molar-refractivity contribution in [2.24, 2.45) is 0 Å². The maximum Gasteiger partial charge on any atom is 0.148 e. The fraction of sp³-hybridized carbons (Fsp3) is 0.133. The number of hydrogen-bond acceptors (Lipinski definition) is 2. The molecular formula is C15H11ClFNO. The molecule has 0 aliphatic heterocycles. The second-order valence-corrected chi connectivity index (χ2v) is 4.58. The molecule has 0 saturated carbocycles. The van der Waals surface area contributed by atoms with Gasteiger partial charge in [-0.2, -0.15) is 5.26 Å². The van der Waals surface area contributed by atoms with Crippen LogP contribution in [0.4, 0.5) is 4.39 Å². The van der Waals surface area contributed by atoms with Gasteiger partial charge in [-0.05, 0) is 49.2 Å². The van der Waals surface area contributed by atoms with Crippen molar-refractivity contribution < 1.29 is 9.13 Å². The fourth-order valence-corrected chi connectivity index (χ4v) is 1.90. The van der Waals surface area contributed by atoms with E-state index in [0.717, 1.165) is 11.1 Å². The van der Waals surface area contributed by atoms with Crippen molar-refractivity contribution in [3.8, 4) is 17.6 Å². The molecule has 19 heavy (non-hydrogen) atoms. The third-order valence-corrected chi connectivity index (χ3v) is 3.32. The van der Waals surface area contributed by atoms with Gasteiger partial charge in [0.2, 0.25) is 0 Å². The minimum absolute atomic E-state index is 0.104. The van der Waals surface area contributed by atoms with Crippen molar-refractivity contribution in [3.05, 3.63) is 57.9 Å². The summed E-state index contributed by atoms with van der Waals surface area (Å²) in [5, 5.41) is 9.61. The summed E-state index contributed by atoms with van der Waals surface area (Å²) < 4.78 is 19.0. The Labute approximate surface area is 116 Å². The molecule has 0 N–H and O–H groups in total. The van der Waals surface area contributed by atoms with Gasteiger partial charge in [0.1, 0.15) is 28.9 Å². The number of hydrogen-bond donors (Lipinski definition) is 0. The van der Waals surface area contributed by atoms with Gasteiger partial charge >= 0.3 is 0 Å². The van der Waals surface area contributed by atoms with Crippen molar-refractivity contribution >= 4 is 11.6 Å². The third-order valence-electron chi connectivity index (χ3n) is 2.72. The number of rotatable bonds is 2. The van der Waals surface area contributed by atoms with Gasteiger partial charge in [0.15, 0.2) is 0 Å². The highest BCUT2D eigenvalue weighted by Gasteiger charge is 2.11. The van der Waals surface area contributed by atoms with Crippen molar-refractivity contribution in [1.82, 2.24) is 0 Å². The van der Waals surface area contributed by atoms with Crippen LogP contribution in [0.2, 0.25) is 5.02 Å². The normalized spacial score (nSPS) is 10.1. The standard InChI is InChI=1S/C15H11ClFNO/c1-9-6-11(7-10(2)15(9)16)19-14-5-3-4-13(17)12(14)8-18/h3-7H,1-2H3. The maximum atomic E-state index is 13.5. The van der Waals surface area contributed by atoms with Crippen LogP contribution in [-0.4, -0.2) is 0 Å². The molecule has 0 heterocycles. The lowest BCUT2D eigenvalue weighted by Crippen LogP contribution is -1.93. The molecule has 0 saturated heterocycles. The minimum Gasteiger partial charge on any atom is -0.456 e. The molecule has 0 fully saturated rings. The first kappa shape index (κ1) is 13.4. The Hall–Kier alpha value is -2.05. The molecule has 0 aromatic heterocycles. The lowest BCUT2D eigenvalue weighted by Gasteiger charge is -2.10. The summed E-state index contributed by atoms with van der Waals surface area (Å²) in [5.74, 6) is 0.132. The van der Waals surface area contributed by atoms with E-state index < -0.39 is 5.82 Å². The molecule has 0 aliphatic rings. The van der Waals surface area contributed by atoms with Crippen molar-refractivity contribution in [3.63, 3.8) is 0 Å². The molecule has 0 spiro atoms. The van der Waals surface area contributed by atoms with E-state index in [4.69, 9.17) is 21.6 Å². The molecule has 0 atom stereocenters. The zero-order chi connectivity index (χ0) is 14.0. The van der Waals surface area contributed by atoms with E-state index in [9.17, 15) is 4.39 Å². The number of benzene rings is 2. The molecule has 0 bridgehead atoms. The SMILES string of the molecule is Cc1cc(Oc2cccc(F)c2C#N)cc(C)c1Cl. The second kappa shape index (κ2) is 5.29. The van der Waals surface area contributed by atoms with Crippen LogP contribution in [0.25, 0.3) is 0 Å². The van der Waals surface area contributed by atoms with E-state index in [1.165, 1.54) is 12.1 Å². The number of nitriles is 1. The summed E-state index contributed by atoms with van der Waals surface area (Å²) in [6, 6.07) is 9.58. The van der Waals surface area contributed by atoms with E-state index in [-0.39, 0.29) is 11.3 Å². The molecule has 2 nitrogen and oxygen atoms in total. The van der Waals surface area contributed by atoms with Gasteiger partial charge in [-0.1, -0.05) is 17.7 Å². The third kappa shape index (κ3) is 2.69. The summed E-state index contributed by atoms with van der Waals surface area (Å²) >= 11 is 6.07. The topological polar surface area (TPSA) is 33.0 Å². The molecule has 0 radical (unpaired) electrons. The molecule has 4 heteroatoms. The van der Waals surface area contributed by atoms with Crippen LogP contribution in [-0.2, 0) is 0 Å². The van der Waals surface area contributed by atoms with Crippen LogP contribution in [0.15, 0.2) is 30.3 Å². The lowest BCUT2D eigenvalue weighted by atomic mass is 10.1. The quantitative estimate of drug-likeness (QED) is 0.791. The number of ether oxygens (including phenoxy) is 1. The molecule has 2 rings (SSSR count). The largest absolute Gasteiger partial charge is 0.456 e. The smallest absolute Gasteiger partial charge is 0.148 e. The van der Waals surface area contributed by atoms with Crippen LogP contribution in [0.5, 0.6) is 11.5 Å². The molecule has 0 amide bonds. The molecular weight excluding hydrogens is 265 g/mol. The summed E-state index contributed by atoms with van der Waals surface area (Å²) in [4.78, 5) is 0. The Bertz CT molecular complexity index is 653. The van der Waals surface area contributed by atoms with Crippen molar-refractivity contribution in [2.45, 2.75) is 13.8 Å². The van der Waals surface area contributed by atoms with Gasteiger partial charge in [0.05, 0.1) is 0 Å². The first-order chi connectivity index (χ1) is 9.02. The predicted octanol–water partition coefficient (Wildman–Crippen LogP) is 4.76. The molecule has 0 unspecified atom stereocenters. The average Bonchev–Trinajstić information content (AvgIpc) is 2.36. The summed E-state index contributed by atoms with van der Waals surface area (Å²) in [7, 11) is 0. The summed E-state index contributed by atoms with van der Waals surface area (Å²) in [6.45, 7) is 3.72. The monoisotopic (exact) mass is 275 g/mol. The second-order valence-electron chi connectivity index (χ2n) is 4.20. The molecule has 2 aromatic carbocycles. The number of nitrogens with zero attached hydrogens (tertiary/aromatic N) is 1. The highest BCUT2D eigenvalue weighted by Crippen LogP contribution is 2.31. The predicted molar refractivity (Wildman–Crippen MR) is 72.1 cm³/mol. The highest BCUT2D eigenvalue weighted by molar-refractivity contribution is 6.32. The number of aryl methyl sites for hydroxylation is 2. The van der Waals surface area contributed by atoms with Gasteiger partial charge in [-0.15, -0.1) is 0 Å². The summed E-state index contributed by atoms with van der Waals surface area (Å²) in [6.07, 6.45) is 0. The zero-order valence-corrected chi connectivity index (χ0v) is 11.3. The lowest BCUT2D eigenvalue weighted by molar-refractivity contribution is 0.473. The van der Waals surface area contributed by atoms with Gasteiger partial charge in [0, 0.05) is 5.02 Å². The summed E-state index contributed by atoms with van der Waals surface area (Å²) in [5.41, 5.74) is 1.63. The first-order valence-electron chi connectivity index (χ1n) is 5.66. The van der Waals surface area contributed by atoms with Gasteiger partial charge in [-0.3, -0.25) is 0 Å². The van der Waals surface area contributed by atoms with Gasteiger partial charge in [-0.25, -0.2) is 4.39 Å². The van der Waals surface area contributed by atoms with Crippen LogP contribution in [0, 0.1) is 31.0 Å². The van der Waals surface area contributed by atoms with E-state index >= 15 is 0 Å². The average molecular weight is 276 g/mol. The Morgan fingerprint density at radius 3 is 2.42 bits per heavy atom. The highest BCUT2D eigenvalue weighted by atomic mass is 35.5. The van der Waals surface area contributed by atoms with Crippen LogP contribution in [0.1, 0.15) is 16.7 Å². The zero-order valence-electron chi connectivity index (χ0n) is 10.5. The maximum absolute atomic E-state index is 13.5.